The van der Waals surface area contributed by atoms with Crippen LogP contribution >= 0.6 is 0 Å². The number of nitrogens with zero attached hydrogens (tertiary/aromatic N) is 3. The van der Waals surface area contributed by atoms with Crippen LogP contribution in [0.25, 0.3) is 11.4 Å². The molecule has 1 unspecified atom stereocenters. The number of aliphatic hydroxyl groups excluding tert-OH is 1. The van der Waals surface area contributed by atoms with Crippen LogP contribution in [0.3, 0.4) is 0 Å². The molecule has 1 atom stereocenters. The molecule has 0 radical (unpaired) electrons. The van der Waals surface area contributed by atoms with E-state index < -0.39 is 11.5 Å². The van der Waals surface area contributed by atoms with Crippen LogP contribution < -0.4 is 9.47 Å². The summed E-state index contributed by atoms with van der Waals surface area (Å²) in [6.07, 6.45) is 0.534. The van der Waals surface area contributed by atoms with Crippen LogP contribution in [0, 0.1) is 11.3 Å². The van der Waals surface area contributed by atoms with Crippen molar-refractivity contribution in [2.75, 3.05) is 7.11 Å². The minimum absolute atomic E-state index is 0.223. The summed E-state index contributed by atoms with van der Waals surface area (Å²) in [5.41, 5.74) is 1.48. The lowest BCUT2D eigenvalue weighted by atomic mass is 9.79. The number of ether oxygens (including phenoxy) is 2. The van der Waals surface area contributed by atoms with Gasteiger partial charge in [-0.15, -0.1) is 0 Å². The molecule has 0 fully saturated rings. The van der Waals surface area contributed by atoms with E-state index in [9.17, 15) is 5.11 Å². The van der Waals surface area contributed by atoms with Crippen molar-refractivity contribution in [3.63, 3.8) is 0 Å². The van der Waals surface area contributed by atoms with E-state index in [-0.39, 0.29) is 6.61 Å². The Kier molecular flexibility index (Phi) is 6.10. The van der Waals surface area contributed by atoms with Gasteiger partial charge in [-0.2, -0.15) is 5.26 Å². The van der Waals surface area contributed by atoms with Gasteiger partial charge in [0.15, 0.2) is 5.82 Å². The van der Waals surface area contributed by atoms with Gasteiger partial charge in [0.05, 0.1) is 24.4 Å². The molecule has 0 spiro atoms. The zero-order valence-electron chi connectivity index (χ0n) is 16.7. The standard InChI is InChI=1S/C23H23N3O3/c1-23(2,21(27)14-24)18-9-5-7-11-20(18)29-15-16-12-13-25-22(26-16)17-8-4-6-10-19(17)28-3/h4-13,21,27H,15H2,1-3H3. The lowest BCUT2D eigenvalue weighted by molar-refractivity contribution is 0.147. The first-order valence-corrected chi connectivity index (χ1v) is 9.22. The Morgan fingerprint density at radius 2 is 1.76 bits per heavy atom. The highest BCUT2D eigenvalue weighted by Crippen LogP contribution is 2.34. The molecule has 0 aliphatic heterocycles. The summed E-state index contributed by atoms with van der Waals surface area (Å²) in [7, 11) is 1.61. The van der Waals surface area contributed by atoms with Gasteiger partial charge in [-0.25, -0.2) is 9.97 Å². The molecule has 1 aromatic heterocycles. The minimum Gasteiger partial charge on any atom is -0.496 e. The van der Waals surface area contributed by atoms with Crippen LogP contribution in [-0.2, 0) is 12.0 Å². The van der Waals surface area contributed by atoms with Gasteiger partial charge in [0, 0.05) is 17.2 Å². The highest BCUT2D eigenvalue weighted by molar-refractivity contribution is 5.63. The summed E-state index contributed by atoms with van der Waals surface area (Å²) in [4.78, 5) is 8.94. The van der Waals surface area contributed by atoms with Crippen LogP contribution in [-0.4, -0.2) is 28.3 Å². The van der Waals surface area contributed by atoms with E-state index in [1.165, 1.54) is 0 Å². The molecule has 2 aromatic carbocycles. The fraction of sp³-hybridized carbons (Fsp3) is 0.261. The van der Waals surface area contributed by atoms with Crippen molar-refractivity contribution in [2.45, 2.75) is 32.0 Å². The number of benzene rings is 2. The molecule has 29 heavy (non-hydrogen) atoms. The Balaban J connectivity index is 1.85. The SMILES string of the molecule is COc1ccccc1-c1nccc(COc2ccccc2C(C)(C)C(O)C#N)n1. The Bertz CT molecular complexity index is 1030. The first kappa shape index (κ1) is 20.3. The van der Waals surface area contributed by atoms with Crippen molar-refractivity contribution < 1.29 is 14.6 Å². The third-order valence-electron chi connectivity index (χ3n) is 4.82. The summed E-state index contributed by atoms with van der Waals surface area (Å²) in [5, 5.41) is 19.3. The molecule has 0 bridgehead atoms. The maximum Gasteiger partial charge on any atom is 0.163 e. The van der Waals surface area contributed by atoms with Gasteiger partial charge in [-0.1, -0.05) is 44.2 Å². The minimum atomic E-state index is -1.15. The molecular formula is C23H23N3O3. The summed E-state index contributed by atoms with van der Waals surface area (Å²) >= 11 is 0. The van der Waals surface area contributed by atoms with Crippen LogP contribution in [0.5, 0.6) is 11.5 Å². The Hall–Kier alpha value is -3.43. The third-order valence-corrected chi connectivity index (χ3v) is 4.82. The van der Waals surface area contributed by atoms with Crippen molar-refractivity contribution in [2.24, 2.45) is 0 Å². The molecule has 1 heterocycles. The monoisotopic (exact) mass is 389 g/mol. The Morgan fingerprint density at radius 3 is 2.48 bits per heavy atom. The number of rotatable bonds is 7. The van der Waals surface area contributed by atoms with E-state index in [0.29, 0.717) is 23.0 Å². The zero-order valence-corrected chi connectivity index (χ0v) is 16.7. The Morgan fingerprint density at radius 1 is 1.07 bits per heavy atom. The number of hydrogen-bond donors (Lipinski definition) is 1. The van der Waals surface area contributed by atoms with Crippen molar-refractivity contribution in [1.82, 2.24) is 9.97 Å². The predicted molar refractivity (Wildman–Crippen MR) is 109 cm³/mol. The maximum absolute atomic E-state index is 10.1. The van der Waals surface area contributed by atoms with E-state index >= 15 is 0 Å². The van der Waals surface area contributed by atoms with Crippen LogP contribution in [0.15, 0.2) is 60.8 Å². The molecular weight excluding hydrogens is 366 g/mol. The van der Waals surface area contributed by atoms with Gasteiger partial charge < -0.3 is 14.6 Å². The van der Waals surface area contributed by atoms with Gasteiger partial charge in [0.25, 0.3) is 0 Å². The molecule has 6 nitrogen and oxygen atoms in total. The lowest BCUT2D eigenvalue weighted by Crippen LogP contribution is -2.32. The van der Waals surface area contributed by atoms with Gasteiger partial charge in [-0.05, 0) is 24.3 Å². The molecule has 0 saturated heterocycles. The first-order chi connectivity index (χ1) is 14.0. The molecule has 3 aromatic rings. The van der Waals surface area contributed by atoms with E-state index in [1.54, 1.807) is 19.4 Å². The fourth-order valence-electron chi connectivity index (χ4n) is 3.02. The van der Waals surface area contributed by atoms with Crippen LogP contribution in [0.1, 0.15) is 25.1 Å². The van der Waals surface area contributed by atoms with Gasteiger partial charge in [-0.3, -0.25) is 0 Å². The van der Waals surface area contributed by atoms with Crippen LogP contribution in [0.4, 0.5) is 0 Å². The summed E-state index contributed by atoms with van der Waals surface area (Å²) in [5.74, 6) is 1.85. The summed E-state index contributed by atoms with van der Waals surface area (Å²) in [6.45, 7) is 3.85. The van der Waals surface area contributed by atoms with Crippen molar-refractivity contribution in [3.8, 4) is 29.0 Å². The second-order valence-corrected chi connectivity index (χ2v) is 7.11. The topological polar surface area (TPSA) is 88.3 Å². The third kappa shape index (κ3) is 4.36. The molecule has 0 amide bonds. The smallest absolute Gasteiger partial charge is 0.163 e. The van der Waals surface area contributed by atoms with E-state index in [2.05, 4.69) is 9.97 Å². The molecule has 3 rings (SSSR count). The average Bonchev–Trinajstić information content (AvgIpc) is 2.77. The number of nitriles is 1. The normalized spacial score (nSPS) is 12.1. The van der Waals surface area contributed by atoms with Gasteiger partial charge >= 0.3 is 0 Å². The lowest BCUT2D eigenvalue weighted by Gasteiger charge is -2.28. The summed E-state index contributed by atoms with van der Waals surface area (Å²) < 4.78 is 11.4. The largest absolute Gasteiger partial charge is 0.496 e. The van der Waals surface area contributed by atoms with E-state index in [1.807, 2.05) is 68.4 Å². The average molecular weight is 389 g/mol. The van der Waals surface area contributed by atoms with E-state index in [0.717, 1.165) is 11.1 Å². The molecule has 6 heteroatoms. The molecule has 148 valence electrons. The maximum atomic E-state index is 10.1. The van der Waals surface area contributed by atoms with Crippen molar-refractivity contribution in [1.29, 1.82) is 5.26 Å². The van der Waals surface area contributed by atoms with Crippen molar-refractivity contribution in [3.05, 3.63) is 72.1 Å². The number of para-hydroxylation sites is 2. The molecule has 0 saturated carbocycles. The number of aliphatic hydroxyl groups is 1. The number of aromatic nitrogens is 2. The number of hydrogen-bond acceptors (Lipinski definition) is 6. The number of methoxy groups -OCH3 is 1. The van der Waals surface area contributed by atoms with Gasteiger partial charge in [0.1, 0.15) is 24.2 Å². The molecule has 1 N–H and O–H groups in total. The quantitative estimate of drug-likeness (QED) is 0.617. The van der Waals surface area contributed by atoms with Crippen LogP contribution in [0.2, 0.25) is 0 Å². The Labute approximate surface area is 170 Å². The first-order valence-electron chi connectivity index (χ1n) is 9.22. The highest BCUT2D eigenvalue weighted by Gasteiger charge is 2.32. The van der Waals surface area contributed by atoms with Crippen molar-refractivity contribution >= 4 is 0 Å². The zero-order chi connectivity index (χ0) is 20.9. The molecule has 0 aliphatic carbocycles. The predicted octanol–water partition coefficient (Wildman–Crippen LogP) is 3.89. The second kappa shape index (κ2) is 8.72. The van der Waals surface area contributed by atoms with Gasteiger partial charge in [0.2, 0.25) is 0 Å². The fourth-order valence-corrected chi connectivity index (χ4v) is 3.02. The second-order valence-electron chi connectivity index (χ2n) is 7.11. The van der Waals surface area contributed by atoms with E-state index in [4.69, 9.17) is 14.7 Å². The molecule has 0 aliphatic rings. The summed E-state index contributed by atoms with van der Waals surface area (Å²) in [6, 6.07) is 18.7. The highest BCUT2D eigenvalue weighted by atomic mass is 16.5.